The minimum atomic E-state index is 0.0107. The van der Waals surface area contributed by atoms with Gasteiger partial charge in [0.15, 0.2) is 0 Å². The Morgan fingerprint density at radius 3 is 2.70 bits per heavy atom. The van der Waals surface area contributed by atoms with E-state index < -0.39 is 0 Å². The Morgan fingerprint density at radius 2 is 2.05 bits per heavy atom. The van der Waals surface area contributed by atoms with Crippen LogP contribution in [0.2, 0.25) is 0 Å². The number of hydrogen-bond acceptors (Lipinski definition) is 2. The van der Waals surface area contributed by atoms with E-state index in [2.05, 4.69) is 5.32 Å². The quantitative estimate of drug-likeness (QED) is 0.865. The van der Waals surface area contributed by atoms with Gasteiger partial charge in [-0.1, -0.05) is 36.8 Å². The maximum atomic E-state index is 12.2. The Morgan fingerprint density at radius 1 is 1.25 bits per heavy atom. The summed E-state index contributed by atoms with van der Waals surface area (Å²) in [7, 11) is 0. The monoisotopic (exact) mass is 272 g/mol. The predicted molar refractivity (Wildman–Crippen MR) is 79.9 cm³/mol. The molecule has 0 aromatic heterocycles. The van der Waals surface area contributed by atoms with E-state index in [0.717, 1.165) is 24.3 Å². The SMILES string of the molecule is NC(CCNC(=O)C1CC2CCC1C2)c1ccccc1. The molecule has 0 saturated heterocycles. The summed E-state index contributed by atoms with van der Waals surface area (Å²) >= 11 is 0. The molecule has 3 nitrogen and oxygen atoms in total. The van der Waals surface area contributed by atoms with Gasteiger partial charge in [-0.2, -0.15) is 0 Å². The molecule has 108 valence electrons. The first-order valence-electron chi connectivity index (χ1n) is 7.82. The van der Waals surface area contributed by atoms with Crippen LogP contribution in [0.3, 0.4) is 0 Å². The molecule has 2 fully saturated rings. The number of nitrogens with one attached hydrogen (secondary N) is 1. The van der Waals surface area contributed by atoms with Crippen molar-refractivity contribution in [2.45, 2.75) is 38.1 Å². The zero-order valence-electron chi connectivity index (χ0n) is 11.9. The molecule has 20 heavy (non-hydrogen) atoms. The van der Waals surface area contributed by atoms with Crippen LogP contribution in [0.15, 0.2) is 30.3 Å². The van der Waals surface area contributed by atoms with E-state index in [4.69, 9.17) is 5.73 Å². The molecule has 0 spiro atoms. The van der Waals surface area contributed by atoms with Crippen LogP contribution in [0.4, 0.5) is 0 Å². The highest BCUT2D eigenvalue weighted by Gasteiger charge is 2.42. The average molecular weight is 272 g/mol. The predicted octanol–water partition coefficient (Wildman–Crippen LogP) is 2.63. The second kappa shape index (κ2) is 5.96. The highest BCUT2D eigenvalue weighted by atomic mass is 16.1. The van der Waals surface area contributed by atoms with Crippen molar-refractivity contribution in [3.05, 3.63) is 35.9 Å². The van der Waals surface area contributed by atoms with Gasteiger partial charge in [-0.15, -0.1) is 0 Å². The number of nitrogens with two attached hydrogens (primary N) is 1. The summed E-state index contributed by atoms with van der Waals surface area (Å²) in [4.78, 5) is 12.2. The molecule has 3 rings (SSSR count). The van der Waals surface area contributed by atoms with Gasteiger partial charge < -0.3 is 11.1 Å². The van der Waals surface area contributed by atoms with Crippen LogP contribution < -0.4 is 11.1 Å². The third-order valence-corrected chi connectivity index (χ3v) is 5.06. The second-order valence-electron chi connectivity index (χ2n) is 6.38. The second-order valence-corrected chi connectivity index (χ2v) is 6.38. The lowest BCUT2D eigenvalue weighted by atomic mass is 9.88. The molecule has 2 aliphatic rings. The molecule has 0 heterocycles. The Hall–Kier alpha value is -1.35. The molecule has 1 aromatic rings. The van der Waals surface area contributed by atoms with Crippen LogP contribution in [0.25, 0.3) is 0 Å². The van der Waals surface area contributed by atoms with E-state index in [1.807, 2.05) is 30.3 Å². The van der Waals surface area contributed by atoms with Crippen LogP contribution in [0.1, 0.15) is 43.7 Å². The maximum absolute atomic E-state index is 12.2. The van der Waals surface area contributed by atoms with Crippen molar-refractivity contribution in [3.63, 3.8) is 0 Å². The molecule has 2 bridgehead atoms. The van der Waals surface area contributed by atoms with Crippen molar-refractivity contribution in [1.82, 2.24) is 5.32 Å². The smallest absolute Gasteiger partial charge is 0.223 e. The molecule has 4 atom stereocenters. The molecule has 2 saturated carbocycles. The molecule has 4 unspecified atom stereocenters. The van der Waals surface area contributed by atoms with E-state index in [9.17, 15) is 4.79 Å². The Bertz CT molecular complexity index is 459. The molecular formula is C17H24N2O. The minimum absolute atomic E-state index is 0.0107. The topological polar surface area (TPSA) is 55.1 Å². The summed E-state index contributed by atoms with van der Waals surface area (Å²) in [6.07, 6.45) is 5.79. The van der Waals surface area contributed by atoms with Crippen LogP contribution >= 0.6 is 0 Å². The molecule has 0 radical (unpaired) electrons. The zero-order valence-corrected chi connectivity index (χ0v) is 11.9. The van der Waals surface area contributed by atoms with Crippen LogP contribution in [0, 0.1) is 17.8 Å². The van der Waals surface area contributed by atoms with Gasteiger partial charge in [0, 0.05) is 18.5 Å². The Balaban J connectivity index is 1.42. The van der Waals surface area contributed by atoms with Gasteiger partial charge in [0.25, 0.3) is 0 Å². The van der Waals surface area contributed by atoms with E-state index in [-0.39, 0.29) is 17.9 Å². The first-order chi connectivity index (χ1) is 9.74. The molecule has 3 heteroatoms. The van der Waals surface area contributed by atoms with Gasteiger partial charge in [-0.25, -0.2) is 0 Å². The van der Waals surface area contributed by atoms with Crippen molar-refractivity contribution in [2.24, 2.45) is 23.5 Å². The highest BCUT2D eigenvalue weighted by molar-refractivity contribution is 5.79. The Kier molecular flexibility index (Phi) is 4.06. The van der Waals surface area contributed by atoms with E-state index in [1.165, 1.54) is 19.3 Å². The maximum Gasteiger partial charge on any atom is 0.223 e. The standard InChI is InChI=1S/C17H24N2O/c18-16(13-4-2-1-3-5-13)8-9-19-17(20)15-11-12-6-7-14(15)10-12/h1-5,12,14-16H,6-11,18H2,(H,19,20). The van der Waals surface area contributed by atoms with Gasteiger partial charge >= 0.3 is 0 Å². The van der Waals surface area contributed by atoms with Gasteiger partial charge in [0.2, 0.25) is 5.91 Å². The lowest BCUT2D eigenvalue weighted by molar-refractivity contribution is -0.126. The van der Waals surface area contributed by atoms with Crippen molar-refractivity contribution in [1.29, 1.82) is 0 Å². The number of hydrogen-bond donors (Lipinski definition) is 2. The number of rotatable bonds is 5. The summed E-state index contributed by atoms with van der Waals surface area (Å²) in [5.41, 5.74) is 7.28. The van der Waals surface area contributed by atoms with Crippen LogP contribution in [0.5, 0.6) is 0 Å². The molecule has 1 amide bonds. The third kappa shape index (κ3) is 2.88. The fraction of sp³-hybridized carbons (Fsp3) is 0.588. The average Bonchev–Trinajstić information content (AvgIpc) is 3.10. The molecular weight excluding hydrogens is 248 g/mol. The molecule has 1 aromatic carbocycles. The summed E-state index contributed by atoms with van der Waals surface area (Å²) in [6.45, 7) is 0.683. The highest BCUT2D eigenvalue weighted by Crippen LogP contribution is 2.48. The summed E-state index contributed by atoms with van der Waals surface area (Å²) in [6, 6.07) is 10.1. The van der Waals surface area contributed by atoms with Crippen molar-refractivity contribution in [2.75, 3.05) is 6.54 Å². The summed E-state index contributed by atoms with van der Waals surface area (Å²) in [5, 5.41) is 3.09. The molecule has 3 N–H and O–H groups in total. The van der Waals surface area contributed by atoms with Crippen molar-refractivity contribution in [3.8, 4) is 0 Å². The first kappa shape index (κ1) is 13.6. The van der Waals surface area contributed by atoms with Gasteiger partial charge in [-0.05, 0) is 43.1 Å². The third-order valence-electron chi connectivity index (χ3n) is 5.06. The summed E-state index contributed by atoms with van der Waals surface area (Å²) in [5.74, 6) is 2.02. The minimum Gasteiger partial charge on any atom is -0.356 e. The number of benzene rings is 1. The van der Waals surface area contributed by atoms with Gasteiger partial charge in [0.05, 0.1) is 0 Å². The lowest BCUT2D eigenvalue weighted by Gasteiger charge is -2.21. The number of fused-ring (bicyclic) bond motifs is 2. The van der Waals surface area contributed by atoms with Crippen LogP contribution in [-0.4, -0.2) is 12.5 Å². The zero-order chi connectivity index (χ0) is 13.9. The van der Waals surface area contributed by atoms with Crippen molar-refractivity contribution < 1.29 is 4.79 Å². The van der Waals surface area contributed by atoms with Gasteiger partial charge in [0.1, 0.15) is 0 Å². The normalized spacial score (nSPS) is 29.4. The lowest BCUT2D eigenvalue weighted by Crippen LogP contribution is -2.35. The fourth-order valence-electron chi connectivity index (χ4n) is 3.91. The summed E-state index contributed by atoms with van der Waals surface area (Å²) < 4.78 is 0. The van der Waals surface area contributed by atoms with E-state index in [0.29, 0.717) is 12.5 Å². The molecule has 0 aliphatic heterocycles. The number of carbonyl (C=O) groups excluding carboxylic acids is 1. The fourth-order valence-corrected chi connectivity index (χ4v) is 3.91. The van der Waals surface area contributed by atoms with E-state index >= 15 is 0 Å². The van der Waals surface area contributed by atoms with Gasteiger partial charge in [-0.3, -0.25) is 4.79 Å². The largest absolute Gasteiger partial charge is 0.356 e. The first-order valence-corrected chi connectivity index (χ1v) is 7.82. The number of carbonyl (C=O) groups is 1. The van der Waals surface area contributed by atoms with Crippen LogP contribution in [-0.2, 0) is 4.79 Å². The molecule has 2 aliphatic carbocycles. The Labute approximate surface area is 120 Å². The number of amides is 1. The van der Waals surface area contributed by atoms with E-state index in [1.54, 1.807) is 0 Å². The van der Waals surface area contributed by atoms with Crippen molar-refractivity contribution >= 4 is 5.91 Å².